The Morgan fingerprint density at radius 3 is 2.78 bits per heavy atom. The molecule has 1 unspecified atom stereocenters. The summed E-state index contributed by atoms with van der Waals surface area (Å²) in [6.45, 7) is 1.37. The lowest BCUT2D eigenvalue weighted by Crippen LogP contribution is -2.40. The van der Waals surface area contributed by atoms with Crippen LogP contribution in [0.15, 0.2) is 54.7 Å². The summed E-state index contributed by atoms with van der Waals surface area (Å²) < 4.78 is 5.13. The molecule has 1 N–H and O–H groups in total. The van der Waals surface area contributed by atoms with Crippen molar-refractivity contribution in [3.8, 4) is 5.75 Å². The molecule has 0 spiro atoms. The van der Waals surface area contributed by atoms with Gasteiger partial charge in [-0.25, -0.2) is 0 Å². The second-order valence-electron chi connectivity index (χ2n) is 8.11. The van der Waals surface area contributed by atoms with Crippen LogP contribution in [-0.2, 0) is 4.79 Å². The minimum Gasteiger partial charge on any atom is -0.495 e. The monoisotopic (exact) mass is 451 g/mol. The van der Waals surface area contributed by atoms with E-state index < -0.39 is 0 Å². The van der Waals surface area contributed by atoms with E-state index in [0.717, 1.165) is 36.6 Å². The third-order valence-electron chi connectivity index (χ3n) is 5.87. The molecule has 0 aliphatic carbocycles. The molecule has 0 bridgehead atoms. The topological polar surface area (TPSA) is 71.5 Å². The summed E-state index contributed by atoms with van der Waals surface area (Å²) in [4.78, 5) is 31.7. The average Bonchev–Trinajstić information content (AvgIpc) is 2.82. The van der Waals surface area contributed by atoms with Gasteiger partial charge in [0.2, 0.25) is 5.91 Å². The van der Waals surface area contributed by atoms with Gasteiger partial charge in [0, 0.05) is 36.8 Å². The van der Waals surface area contributed by atoms with E-state index in [-0.39, 0.29) is 11.8 Å². The van der Waals surface area contributed by atoms with E-state index in [2.05, 4.69) is 10.3 Å². The van der Waals surface area contributed by atoms with Crippen LogP contribution >= 0.6 is 11.6 Å². The number of hydrogen-bond donors (Lipinski definition) is 1. The van der Waals surface area contributed by atoms with Crippen LogP contribution in [-0.4, -0.2) is 41.9 Å². The summed E-state index contributed by atoms with van der Waals surface area (Å²) in [6, 6.07) is 14.9. The quantitative estimate of drug-likeness (QED) is 0.561. The second-order valence-corrected chi connectivity index (χ2v) is 8.52. The number of anilines is 1. The molecular formula is C25H26ClN3O3. The van der Waals surface area contributed by atoms with E-state index in [1.54, 1.807) is 31.5 Å². The standard InChI is InChI=1S/C25H26ClN3O3/c1-32-23-10-9-20(14-21(23)26)28-24(30)11-8-17-5-4-12-29(16-17)25(31)22-13-18-6-2-3-7-19(18)15-27-22/h2-3,6-7,9-10,13-15,17H,4-5,8,11-12,16H2,1H3,(H,28,30). The van der Waals surface area contributed by atoms with Gasteiger partial charge in [-0.15, -0.1) is 0 Å². The average molecular weight is 452 g/mol. The summed E-state index contributed by atoms with van der Waals surface area (Å²) >= 11 is 6.12. The molecule has 0 saturated carbocycles. The maximum absolute atomic E-state index is 13.0. The van der Waals surface area contributed by atoms with Gasteiger partial charge < -0.3 is 15.0 Å². The largest absolute Gasteiger partial charge is 0.495 e. The fourth-order valence-corrected chi connectivity index (χ4v) is 4.41. The number of nitrogens with one attached hydrogen (secondary N) is 1. The van der Waals surface area contributed by atoms with Gasteiger partial charge in [0.05, 0.1) is 12.1 Å². The number of fused-ring (bicyclic) bond motifs is 1. The van der Waals surface area contributed by atoms with Crippen molar-refractivity contribution in [1.29, 1.82) is 0 Å². The van der Waals surface area contributed by atoms with E-state index in [1.165, 1.54) is 0 Å². The normalized spacial score (nSPS) is 16.1. The highest BCUT2D eigenvalue weighted by molar-refractivity contribution is 6.32. The van der Waals surface area contributed by atoms with Crippen molar-refractivity contribution in [3.63, 3.8) is 0 Å². The number of amides is 2. The minimum absolute atomic E-state index is 0.0437. The number of likely N-dealkylation sites (tertiary alicyclic amines) is 1. The van der Waals surface area contributed by atoms with Crippen molar-refractivity contribution < 1.29 is 14.3 Å². The number of rotatable bonds is 6. The van der Waals surface area contributed by atoms with Gasteiger partial charge in [-0.2, -0.15) is 0 Å². The number of piperidine rings is 1. The number of benzene rings is 2. The van der Waals surface area contributed by atoms with E-state index in [9.17, 15) is 9.59 Å². The molecule has 0 radical (unpaired) electrons. The SMILES string of the molecule is COc1ccc(NC(=O)CCC2CCCN(C(=O)c3cc4ccccc4cn3)C2)cc1Cl. The fraction of sp³-hybridized carbons (Fsp3) is 0.320. The summed E-state index contributed by atoms with van der Waals surface area (Å²) in [5.41, 5.74) is 1.11. The third-order valence-corrected chi connectivity index (χ3v) is 6.17. The predicted octanol–water partition coefficient (Wildman–Crippen LogP) is 5.17. The Bertz CT molecular complexity index is 1130. The van der Waals surface area contributed by atoms with Gasteiger partial charge in [-0.05, 0) is 54.8 Å². The van der Waals surface area contributed by atoms with Crippen LogP contribution < -0.4 is 10.1 Å². The summed E-state index contributed by atoms with van der Waals surface area (Å²) in [7, 11) is 1.55. The highest BCUT2D eigenvalue weighted by Gasteiger charge is 2.25. The van der Waals surface area contributed by atoms with Gasteiger partial charge in [-0.1, -0.05) is 35.9 Å². The number of carbonyl (C=O) groups is 2. The first-order valence-corrected chi connectivity index (χ1v) is 11.2. The van der Waals surface area contributed by atoms with Gasteiger partial charge in [0.25, 0.3) is 5.91 Å². The summed E-state index contributed by atoms with van der Waals surface area (Å²) in [5.74, 6) is 0.750. The van der Waals surface area contributed by atoms with Crippen LogP contribution in [0.4, 0.5) is 5.69 Å². The lowest BCUT2D eigenvalue weighted by atomic mass is 9.93. The molecule has 1 atom stereocenters. The maximum Gasteiger partial charge on any atom is 0.272 e. The van der Waals surface area contributed by atoms with E-state index >= 15 is 0 Å². The predicted molar refractivity (Wildman–Crippen MR) is 126 cm³/mol. The molecule has 1 fully saturated rings. The summed E-state index contributed by atoms with van der Waals surface area (Å²) in [6.07, 6.45) is 4.81. The lowest BCUT2D eigenvalue weighted by molar-refractivity contribution is -0.116. The van der Waals surface area contributed by atoms with Crippen LogP contribution in [0.25, 0.3) is 10.8 Å². The number of pyridine rings is 1. The molecule has 2 amide bonds. The minimum atomic E-state index is -0.0640. The van der Waals surface area contributed by atoms with Gasteiger partial charge >= 0.3 is 0 Å². The molecule has 2 aromatic carbocycles. The van der Waals surface area contributed by atoms with Gasteiger partial charge in [-0.3, -0.25) is 14.6 Å². The van der Waals surface area contributed by atoms with Crippen molar-refractivity contribution >= 4 is 39.9 Å². The number of ether oxygens (including phenoxy) is 1. The molecule has 1 saturated heterocycles. The zero-order valence-corrected chi connectivity index (χ0v) is 18.8. The molecule has 1 aliphatic rings. The zero-order valence-electron chi connectivity index (χ0n) is 18.0. The van der Waals surface area contributed by atoms with Crippen molar-refractivity contribution in [2.75, 3.05) is 25.5 Å². The maximum atomic E-state index is 13.0. The van der Waals surface area contributed by atoms with E-state index in [0.29, 0.717) is 41.0 Å². The number of methoxy groups -OCH3 is 1. The number of aromatic nitrogens is 1. The van der Waals surface area contributed by atoms with Crippen molar-refractivity contribution in [3.05, 3.63) is 65.4 Å². The van der Waals surface area contributed by atoms with Crippen LogP contribution in [0.1, 0.15) is 36.2 Å². The number of carbonyl (C=O) groups excluding carboxylic acids is 2. The van der Waals surface area contributed by atoms with Gasteiger partial charge in [0.1, 0.15) is 11.4 Å². The number of halogens is 1. The van der Waals surface area contributed by atoms with Crippen LogP contribution in [0, 0.1) is 5.92 Å². The van der Waals surface area contributed by atoms with Crippen LogP contribution in [0.2, 0.25) is 5.02 Å². The third kappa shape index (κ3) is 5.19. The lowest BCUT2D eigenvalue weighted by Gasteiger charge is -2.32. The molecule has 32 heavy (non-hydrogen) atoms. The Morgan fingerprint density at radius 1 is 1.19 bits per heavy atom. The Hall–Kier alpha value is -3.12. The highest BCUT2D eigenvalue weighted by Crippen LogP contribution is 2.28. The molecule has 1 aliphatic heterocycles. The smallest absolute Gasteiger partial charge is 0.272 e. The molecule has 166 valence electrons. The van der Waals surface area contributed by atoms with Gasteiger partial charge in [0.15, 0.2) is 0 Å². The first-order chi connectivity index (χ1) is 15.5. The molecule has 1 aromatic heterocycles. The zero-order chi connectivity index (χ0) is 22.5. The van der Waals surface area contributed by atoms with Crippen molar-refractivity contribution in [2.24, 2.45) is 5.92 Å². The summed E-state index contributed by atoms with van der Waals surface area (Å²) in [5, 5.41) is 5.36. The Morgan fingerprint density at radius 2 is 2.00 bits per heavy atom. The second kappa shape index (κ2) is 10.0. The number of hydrogen-bond acceptors (Lipinski definition) is 4. The Labute approximate surface area is 192 Å². The van der Waals surface area contributed by atoms with Crippen LogP contribution in [0.5, 0.6) is 5.75 Å². The first kappa shape index (κ1) is 22.1. The van der Waals surface area contributed by atoms with Crippen molar-refractivity contribution in [2.45, 2.75) is 25.7 Å². The first-order valence-electron chi connectivity index (χ1n) is 10.8. The Kier molecular flexibility index (Phi) is 6.90. The number of nitrogens with zero attached hydrogens (tertiary/aromatic N) is 2. The molecular weight excluding hydrogens is 426 g/mol. The Balaban J connectivity index is 1.32. The molecule has 7 heteroatoms. The highest BCUT2D eigenvalue weighted by atomic mass is 35.5. The molecule has 6 nitrogen and oxygen atoms in total. The van der Waals surface area contributed by atoms with Crippen LogP contribution in [0.3, 0.4) is 0 Å². The molecule has 3 aromatic rings. The molecule has 2 heterocycles. The van der Waals surface area contributed by atoms with E-state index in [1.807, 2.05) is 35.2 Å². The molecule has 4 rings (SSSR count). The van der Waals surface area contributed by atoms with E-state index in [4.69, 9.17) is 16.3 Å². The fourth-order valence-electron chi connectivity index (χ4n) is 4.15. The van der Waals surface area contributed by atoms with Crippen molar-refractivity contribution in [1.82, 2.24) is 9.88 Å².